The largest absolute Gasteiger partial charge is 0.482 e. The lowest BCUT2D eigenvalue weighted by Crippen LogP contribution is -2.09. The van der Waals surface area contributed by atoms with Gasteiger partial charge >= 0.3 is 5.97 Å². The van der Waals surface area contributed by atoms with E-state index in [1.54, 1.807) is 18.2 Å². The Balaban J connectivity index is 1.88. The van der Waals surface area contributed by atoms with Crippen molar-refractivity contribution in [3.05, 3.63) is 45.5 Å². The number of thiophene rings is 1. The molecule has 0 aliphatic heterocycles. The van der Waals surface area contributed by atoms with Crippen molar-refractivity contribution in [3.63, 3.8) is 0 Å². The number of benzene rings is 1. The molecular formula is C17H15N3O3S2. The molecule has 0 fully saturated rings. The lowest BCUT2D eigenvalue weighted by molar-refractivity contribution is -0.139. The van der Waals surface area contributed by atoms with Crippen molar-refractivity contribution in [1.29, 1.82) is 5.41 Å². The van der Waals surface area contributed by atoms with Crippen LogP contribution in [0.1, 0.15) is 9.75 Å². The highest BCUT2D eigenvalue weighted by Gasteiger charge is 2.14. The number of thiazole rings is 1. The molecule has 2 aromatic heterocycles. The van der Waals surface area contributed by atoms with E-state index in [-0.39, 0.29) is 12.4 Å². The second kappa shape index (κ2) is 7.04. The summed E-state index contributed by atoms with van der Waals surface area (Å²) in [7, 11) is 0. The third kappa shape index (κ3) is 3.86. The number of nitrogens with two attached hydrogens (primary N) is 1. The first-order valence-electron chi connectivity index (χ1n) is 7.30. The van der Waals surface area contributed by atoms with E-state index in [1.807, 2.05) is 24.4 Å². The van der Waals surface area contributed by atoms with Crippen molar-refractivity contribution in [2.24, 2.45) is 5.73 Å². The van der Waals surface area contributed by atoms with Gasteiger partial charge < -0.3 is 15.6 Å². The molecule has 1 aromatic carbocycles. The molecular weight excluding hydrogens is 358 g/mol. The van der Waals surface area contributed by atoms with Gasteiger partial charge in [0.05, 0.1) is 10.6 Å². The molecule has 0 bridgehead atoms. The number of aryl methyl sites for hydroxylation is 1. The zero-order valence-corrected chi connectivity index (χ0v) is 14.9. The Bertz CT molecular complexity index is 946. The minimum atomic E-state index is -1.02. The van der Waals surface area contributed by atoms with Crippen molar-refractivity contribution in [2.75, 3.05) is 6.61 Å². The van der Waals surface area contributed by atoms with Crippen LogP contribution in [0.25, 0.3) is 21.8 Å². The van der Waals surface area contributed by atoms with E-state index in [9.17, 15) is 4.79 Å². The van der Waals surface area contributed by atoms with Crippen LogP contribution in [-0.4, -0.2) is 28.5 Å². The van der Waals surface area contributed by atoms with E-state index in [2.05, 4.69) is 4.98 Å². The number of carbonyl (C=O) groups is 1. The Kier molecular flexibility index (Phi) is 4.82. The van der Waals surface area contributed by atoms with Gasteiger partial charge in [0.1, 0.15) is 16.6 Å². The van der Waals surface area contributed by atoms with Gasteiger partial charge in [-0.1, -0.05) is 12.1 Å². The number of nitrogens with one attached hydrogen (secondary N) is 1. The third-order valence-corrected chi connectivity index (χ3v) is 5.37. The van der Waals surface area contributed by atoms with Crippen molar-refractivity contribution in [3.8, 4) is 27.6 Å². The van der Waals surface area contributed by atoms with E-state index in [1.165, 1.54) is 22.7 Å². The average Bonchev–Trinajstić information content (AvgIpc) is 3.20. The van der Waals surface area contributed by atoms with Crippen LogP contribution in [0.5, 0.6) is 5.75 Å². The van der Waals surface area contributed by atoms with Crippen molar-refractivity contribution in [2.45, 2.75) is 6.92 Å². The molecule has 3 rings (SSSR count). The quantitative estimate of drug-likeness (QED) is 0.452. The molecule has 0 aliphatic rings. The van der Waals surface area contributed by atoms with Crippen LogP contribution in [0, 0.1) is 12.3 Å². The number of nitrogen functional groups attached to an aromatic ring is 1. The second-order valence-corrected chi connectivity index (χ2v) is 7.36. The number of ether oxygens (including phenoxy) is 1. The summed E-state index contributed by atoms with van der Waals surface area (Å²) in [6.45, 7) is 1.60. The van der Waals surface area contributed by atoms with E-state index in [0.717, 1.165) is 31.6 Å². The molecule has 0 aliphatic carbocycles. The summed E-state index contributed by atoms with van der Waals surface area (Å²) in [6, 6.07) is 9.06. The SMILES string of the molecule is Cc1sc(C(=N)N)cc1-c1nc(-c2cccc(OCC(=O)O)c2)cs1. The number of amidine groups is 1. The summed E-state index contributed by atoms with van der Waals surface area (Å²) < 4.78 is 5.21. The molecule has 3 aromatic rings. The monoisotopic (exact) mass is 373 g/mol. The average molecular weight is 373 g/mol. The Hall–Kier alpha value is -2.71. The number of aromatic nitrogens is 1. The Labute approximate surface area is 152 Å². The zero-order valence-electron chi connectivity index (χ0n) is 13.3. The van der Waals surface area contributed by atoms with Gasteiger partial charge in [0.25, 0.3) is 0 Å². The molecule has 0 unspecified atom stereocenters. The predicted molar refractivity (Wildman–Crippen MR) is 99.7 cm³/mol. The molecule has 4 N–H and O–H groups in total. The highest BCUT2D eigenvalue weighted by atomic mass is 32.1. The molecule has 0 atom stereocenters. The number of nitrogens with zero attached hydrogens (tertiary/aromatic N) is 1. The number of aliphatic carboxylic acids is 1. The first kappa shape index (κ1) is 17.1. The number of carboxylic acids is 1. The second-order valence-electron chi connectivity index (χ2n) is 5.24. The molecule has 0 saturated carbocycles. The lowest BCUT2D eigenvalue weighted by atomic mass is 10.1. The van der Waals surface area contributed by atoms with Crippen LogP contribution >= 0.6 is 22.7 Å². The number of hydrogen-bond donors (Lipinski definition) is 3. The minimum absolute atomic E-state index is 0.0550. The summed E-state index contributed by atoms with van der Waals surface area (Å²) in [4.78, 5) is 17.1. The molecule has 2 heterocycles. The molecule has 128 valence electrons. The summed E-state index contributed by atoms with van der Waals surface area (Å²) in [6.07, 6.45) is 0. The van der Waals surface area contributed by atoms with Gasteiger partial charge in [-0.05, 0) is 25.1 Å². The third-order valence-electron chi connectivity index (χ3n) is 3.41. The number of carboxylic acid groups (broad SMARTS) is 1. The first-order valence-corrected chi connectivity index (χ1v) is 8.99. The van der Waals surface area contributed by atoms with Crippen molar-refractivity contribution in [1.82, 2.24) is 4.98 Å². The van der Waals surface area contributed by atoms with Crippen LogP contribution in [0.2, 0.25) is 0 Å². The lowest BCUT2D eigenvalue weighted by Gasteiger charge is -2.04. The van der Waals surface area contributed by atoms with Gasteiger partial charge in [0, 0.05) is 21.4 Å². The minimum Gasteiger partial charge on any atom is -0.482 e. The van der Waals surface area contributed by atoms with Gasteiger partial charge in [-0.2, -0.15) is 0 Å². The molecule has 6 nitrogen and oxygen atoms in total. The van der Waals surface area contributed by atoms with E-state index >= 15 is 0 Å². The van der Waals surface area contributed by atoms with Gasteiger partial charge in [0.2, 0.25) is 0 Å². The molecule has 25 heavy (non-hydrogen) atoms. The number of rotatable bonds is 6. The normalized spacial score (nSPS) is 10.6. The van der Waals surface area contributed by atoms with Crippen LogP contribution in [-0.2, 0) is 4.79 Å². The van der Waals surface area contributed by atoms with Crippen molar-refractivity contribution < 1.29 is 14.6 Å². The van der Waals surface area contributed by atoms with E-state index in [4.69, 9.17) is 21.0 Å². The molecule has 0 radical (unpaired) electrons. The predicted octanol–water partition coefficient (Wildman–Crippen LogP) is 3.59. The van der Waals surface area contributed by atoms with Gasteiger partial charge in [0.15, 0.2) is 6.61 Å². The van der Waals surface area contributed by atoms with Crippen molar-refractivity contribution >= 4 is 34.5 Å². The van der Waals surface area contributed by atoms with E-state index in [0.29, 0.717) is 5.75 Å². The van der Waals surface area contributed by atoms with Gasteiger partial charge in [-0.25, -0.2) is 9.78 Å². The number of hydrogen-bond acceptors (Lipinski definition) is 6. The maximum Gasteiger partial charge on any atom is 0.341 e. The summed E-state index contributed by atoms with van der Waals surface area (Å²) >= 11 is 2.99. The molecule has 8 heteroatoms. The van der Waals surface area contributed by atoms with E-state index < -0.39 is 5.97 Å². The smallest absolute Gasteiger partial charge is 0.341 e. The summed E-state index contributed by atoms with van der Waals surface area (Å²) in [5.74, 6) is -0.477. The molecule has 0 spiro atoms. The zero-order chi connectivity index (χ0) is 18.0. The van der Waals surface area contributed by atoms with Crippen LogP contribution in [0.4, 0.5) is 0 Å². The van der Waals surface area contributed by atoms with Crippen LogP contribution < -0.4 is 10.5 Å². The fourth-order valence-electron chi connectivity index (χ4n) is 2.25. The topological polar surface area (TPSA) is 109 Å². The van der Waals surface area contributed by atoms with Crippen LogP contribution in [0.15, 0.2) is 35.7 Å². The fraction of sp³-hybridized carbons (Fsp3) is 0.118. The summed E-state index contributed by atoms with van der Waals surface area (Å²) in [5, 5.41) is 19.1. The maximum atomic E-state index is 10.6. The standard InChI is InChI=1S/C17H15N3O3S2/c1-9-12(6-14(25-9)16(18)19)17-20-13(8-24-17)10-3-2-4-11(5-10)23-7-15(21)22/h2-6,8H,7H2,1H3,(H3,18,19)(H,21,22). The highest BCUT2D eigenvalue weighted by Crippen LogP contribution is 2.35. The van der Waals surface area contributed by atoms with Gasteiger partial charge in [-0.3, -0.25) is 5.41 Å². The van der Waals surface area contributed by atoms with Gasteiger partial charge in [-0.15, -0.1) is 22.7 Å². The molecule has 0 saturated heterocycles. The van der Waals surface area contributed by atoms with Crippen LogP contribution in [0.3, 0.4) is 0 Å². The Morgan fingerprint density at radius 1 is 1.40 bits per heavy atom. The maximum absolute atomic E-state index is 10.6. The Morgan fingerprint density at radius 2 is 2.20 bits per heavy atom. The molecule has 0 amide bonds. The highest BCUT2D eigenvalue weighted by molar-refractivity contribution is 7.16. The fourth-order valence-corrected chi connectivity index (χ4v) is 4.10. The Morgan fingerprint density at radius 3 is 2.88 bits per heavy atom. The summed E-state index contributed by atoms with van der Waals surface area (Å²) in [5.41, 5.74) is 8.17. The first-order chi connectivity index (χ1) is 11.9.